The Bertz CT molecular complexity index is 583. The molecule has 1 aliphatic carbocycles. The highest BCUT2D eigenvalue weighted by Gasteiger charge is 2.35. The number of ether oxygens (including phenoxy) is 1. The minimum atomic E-state index is 0.0363. The van der Waals surface area contributed by atoms with Crippen LogP contribution in [0.25, 0.3) is 0 Å². The first-order chi connectivity index (χ1) is 10.3. The highest BCUT2D eigenvalue weighted by molar-refractivity contribution is 5.32. The van der Waals surface area contributed by atoms with Gasteiger partial charge in [0.1, 0.15) is 0 Å². The first-order valence-electron chi connectivity index (χ1n) is 7.54. The molecule has 0 fully saturated rings. The Balaban J connectivity index is 1.92. The maximum Gasteiger partial charge on any atom is 0.0980 e. The van der Waals surface area contributed by atoms with E-state index in [1.165, 1.54) is 16.8 Å². The summed E-state index contributed by atoms with van der Waals surface area (Å²) in [6.45, 7) is 0. The molecule has 3 rings (SSSR count). The Hall–Kier alpha value is -1.71. The van der Waals surface area contributed by atoms with Crippen LogP contribution in [0, 0.1) is 0 Å². The second-order valence-electron chi connectivity index (χ2n) is 5.57. The number of nitrogens with one attached hydrogen (secondary N) is 1. The lowest BCUT2D eigenvalue weighted by Gasteiger charge is -2.31. The van der Waals surface area contributed by atoms with Gasteiger partial charge in [0.05, 0.1) is 6.10 Å². The molecule has 1 aromatic heterocycles. The number of likely N-dealkylation sites (N-methyl/N-ethyl adjacent to an activating group) is 1. The molecule has 1 aliphatic rings. The molecule has 1 heterocycles. The van der Waals surface area contributed by atoms with E-state index in [-0.39, 0.29) is 12.1 Å². The molecule has 3 unspecified atom stereocenters. The molecule has 1 N–H and O–H groups in total. The van der Waals surface area contributed by atoms with Gasteiger partial charge in [0.2, 0.25) is 0 Å². The maximum absolute atomic E-state index is 5.83. The predicted octanol–water partition coefficient (Wildman–Crippen LogP) is 3.09. The van der Waals surface area contributed by atoms with E-state index in [1.54, 1.807) is 7.11 Å². The molecule has 0 aliphatic heterocycles. The summed E-state index contributed by atoms with van der Waals surface area (Å²) in [6.07, 6.45) is 4.17. The number of nitrogens with zero attached hydrogens (tertiary/aromatic N) is 1. The number of aryl methyl sites for hydroxylation is 1. The normalized spacial score (nSPS) is 20.0. The Labute approximate surface area is 126 Å². The fourth-order valence-electron chi connectivity index (χ4n) is 3.49. The fourth-order valence-corrected chi connectivity index (χ4v) is 3.49. The van der Waals surface area contributed by atoms with Gasteiger partial charge in [-0.05, 0) is 37.1 Å². The lowest BCUT2D eigenvalue weighted by atomic mass is 9.89. The van der Waals surface area contributed by atoms with E-state index in [9.17, 15) is 0 Å². The van der Waals surface area contributed by atoms with Gasteiger partial charge < -0.3 is 10.1 Å². The van der Waals surface area contributed by atoms with Crippen LogP contribution in [0.5, 0.6) is 0 Å². The zero-order chi connectivity index (χ0) is 14.7. The van der Waals surface area contributed by atoms with Gasteiger partial charge >= 0.3 is 0 Å². The van der Waals surface area contributed by atoms with Crippen LogP contribution < -0.4 is 5.32 Å². The van der Waals surface area contributed by atoms with E-state index in [2.05, 4.69) is 40.6 Å². The third-order valence-corrected chi connectivity index (χ3v) is 4.48. The standard InChI is InChI=1S/C18H22N2O/c1-19-17(18(21-2)14-7-4-3-5-8-14)15-11-10-13-9-6-12-20-16(13)15/h3-9,12,15,17-19H,10-11H2,1-2H3. The van der Waals surface area contributed by atoms with E-state index in [1.807, 2.05) is 25.4 Å². The Kier molecular flexibility index (Phi) is 4.32. The molecule has 2 aromatic rings. The van der Waals surface area contributed by atoms with Crippen LogP contribution in [0.1, 0.15) is 35.3 Å². The first kappa shape index (κ1) is 14.2. The van der Waals surface area contributed by atoms with Crippen molar-refractivity contribution in [1.29, 1.82) is 0 Å². The van der Waals surface area contributed by atoms with E-state index >= 15 is 0 Å². The summed E-state index contributed by atoms with van der Waals surface area (Å²) in [5, 5.41) is 3.47. The second kappa shape index (κ2) is 6.37. The van der Waals surface area contributed by atoms with Crippen molar-refractivity contribution in [2.45, 2.75) is 30.9 Å². The number of fused-ring (bicyclic) bond motifs is 1. The number of aromatic nitrogens is 1. The summed E-state index contributed by atoms with van der Waals surface area (Å²) in [4.78, 5) is 4.62. The molecule has 3 atom stereocenters. The van der Waals surface area contributed by atoms with Crippen LogP contribution in [0.15, 0.2) is 48.7 Å². The molecule has 0 amide bonds. The van der Waals surface area contributed by atoms with E-state index < -0.39 is 0 Å². The smallest absolute Gasteiger partial charge is 0.0980 e. The molecule has 110 valence electrons. The van der Waals surface area contributed by atoms with Crippen molar-refractivity contribution in [2.75, 3.05) is 14.2 Å². The summed E-state index contributed by atoms with van der Waals surface area (Å²) in [6, 6.07) is 14.9. The average Bonchev–Trinajstić information content (AvgIpc) is 2.97. The molecule has 0 radical (unpaired) electrons. The third-order valence-electron chi connectivity index (χ3n) is 4.48. The van der Waals surface area contributed by atoms with Crippen LogP contribution in [-0.2, 0) is 11.2 Å². The van der Waals surface area contributed by atoms with Gasteiger partial charge in [-0.1, -0.05) is 36.4 Å². The van der Waals surface area contributed by atoms with Crippen molar-refractivity contribution in [3.05, 3.63) is 65.5 Å². The zero-order valence-corrected chi connectivity index (χ0v) is 12.6. The molecule has 0 bridgehead atoms. The number of hydrogen-bond acceptors (Lipinski definition) is 3. The van der Waals surface area contributed by atoms with Gasteiger partial charge in [-0.25, -0.2) is 0 Å². The monoisotopic (exact) mass is 282 g/mol. The van der Waals surface area contributed by atoms with Crippen molar-refractivity contribution < 1.29 is 4.74 Å². The summed E-state index contributed by atoms with van der Waals surface area (Å²) in [7, 11) is 3.80. The number of hydrogen-bond donors (Lipinski definition) is 1. The van der Waals surface area contributed by atoms with E-state index in [0.717, 1.165) is 12.8 Å². The number of benzene rings is 1. The third kappa shape index (κ3) is 2.71. The fraction of sp³-hybridized carbons (Fsp3) is 0.389. The van der Waals surface area contributed by atoms with Crippen molar-refractivity contribution >= 4 is 0 Å². The minimum Gasteiger partial charge on any atom is -0.375 e. The first-order valence-corrected chi connectivity index (χ1v) is 7.54. The quantitative estimate of drug-likeness (QED) is 0.915. The lowest BCUT2D eigenvalue weighted by molar-refractivity contribution is 0.0605. The maximum atomic E-state index is 5.83. The largest absolute Gasteiger partial charge is 0.375 e. The molecule has 0 saturated carbocycles. The number of rotatable bonds is 5. The van der Waals surface area contributed by atoms with Gasteiger partial charge in [-0.15, -0.1) is 0 Å². The van der Waals surface area contributed by atoms with Gasteiger partial charge in [-0.2, -0.15) is 0 Å². The SMILES string of the molecule is CNC(C1CCc2cccnc21)C(OC)c1ccccc1. The zero-order valence-electron chi connectivity index (χ0n) is 12.6. The van der Waals surface area contributed by atoms with Crippen LogP contribution in [0.4, 0.5) is 0 Å². The van der Waals surface area contributed by atoms with Gasteiger partial charge in [0, 0.05) is 31.0 Å². The Morgan fingerprint density at radius 3 is 2.71 bits per heavy atom. The molecule has 0 saturated heterocycles. The van der Waals surface area contributed by atoms with Crippen molar-refractivity contribution in [2.24, 2.45) is 0 Å². The number of pyridine rings is 1. The van der Waals surface area contributed by atoms with Gasteiger partial charge in [0.15, 0.2) is 0 Å². The van der Waals surface area contributed by atoms with Crippen LogP contribution in [0.3, 0.4) is 0 Å². The Morgan fingerprint density at radius 1 is 1.19 bits per heavy atom. The second-order valence-corrected chi connectivity index (χ2v) is 5.57. The number of methoxy groups -OCH3 is 1. The predicted molar refractivity (Wildman–Crippen MR) is 84.3 cm³/mol. The summed E-state index contributed by atoms with van der Waals surface area (Å²) >= 11 is 0. The highest BCUT2D eigenvalue weighted by Crippen LogP contribution is 2.38. The molecular weight excluding hydrogens is 260 g/mol. The molecular formula is C18H22N2O. The molecule has 1 aromatic carbocycles. The van der Waals surface area contributed by atoms with Gasteiger partial charge in [0.25, 0.3) is 0 Å². The average molecular weight is 282 g/mol. The molecule has 21 heavy (non-hydrogen) atoms. The van der Waals surface area contributed by atoms with Crippen LogP contribution in [0.2, 0.25) is 0 Å². The van der Waals surface area contributed by atoms with E-state index in [4.69, 9.17) is 4.74 Å². The van der Waals surface area contributed by atoms with Crippen LogP contribution >= 0.6 is 0 Å². The van der Waals surface area contributed by atoms with E-state index in [0.29, 0.717) is 5.92 Å². The minimum absolute atomic E-state index is 0.0363. The molecule has 3 heteroatoms. The lowest BCUT2D eigenvalue weighted by Crippen LogP contribution is -2.38. The van der Waals surface area contributed by atoms with Gasteiger partial charge in [-0.3, -0.25) is 4.98 Å². The Morgan fingerprint density at radius 2 is 2.00 bits per heavy atom. The van der Waals surface area contributed by atoms with Crippen molar-refractivity contribution in [3.8, 4) is 0 Å². The van der Waals surface area contributed by atoms with Crippen molar-refractivity contribution in [3.63, 3.8) is 0 Å². The summed E-state index contributed by atoms with van der Waals surface area (Å²) in [5.41, 5.74) is 3.82. The topological polar surface area (TPSA) is 34.2 Å². The molecule has 0 spiro atoms. The molecule has 3 nitrogen and oxygen atoms in total. The summed E-state index contributed by atoms with van der Waals surface area (Å²) in [5.74, 6) is 0.399. The van der Waals surface area contributed by atoms with Crippen molar-refractivity contribution in [1.82, 2.24) is 10.3 Å². The van der Waals surface area contributed by atoms with Crippen LogP contribution in [-0.4, -0.2) is 25.2 Å². The highest BCUT2D eigenvalue weighted by atomic mass is 16.5. The summed E-state index contributed by atoms with van der Waals surface area (Å²) < 4.78 is 5.83.